The number of nitrogens with one attached hydrogen (secondary N) is 1. The van der Waals surface area contributed by atoms with Crippen molar-refractivity contribution in [3.8, 4) is 0 Å². The number of pyridine rings is 1. The second kappa shape index (κ2) is 6.56. The largest absolute Gasteiger partial charge is 0.411 e. The van der Waals surface area contributed by atoms with Gasteiger partial charge in [-0.1, -0.05) is 6.07 Å². The SMILES string of the molecule is CNC(CCOCC(F)(F)F)c1ccccn1. The highest BCUT2D eigenvalue weighted by Gasteiger charge is 2.27. The maximum atomic E-state index is 11.8. The van der Waals surface area contributed by atoms with Gasteiger partial charge in [0.15, 0.2) is 0 Å². The average molecular weight is 248 g/mol. The van der Waals surface area contributed by atoms with Crippen LogP contribution in [0.5, 0.6) is 0 Å². The molecule has 1 unspecified atom stereocenters. The van der Waals surface area contributed by atoms with Crippen LogP contribution in [0.25, 0.3) is 0 Å². The van der Waals surface area contributed by atoms with Crippen molar-refractivity contribution in [3.05, 3.63) is 30.1 Å². The van der Waals surface area contributed by atoms with Crippen LogP contribution >= 0.6 is 0 Å². The van der Waals surface area contributed by atoms with Gasteiger partial charge in [0.2, 0.25) is 0 Å². The molecular weight excluding hydrogens is 233 g/mol. The molecule has 0 amide bonds. The predicted molar refractivity (Wildman–Crippen MR) is 57.5 cm³/mol. The number of nitrogens with zero attached hydrogens (tertiary/aromatic N) is 1. The van der Waals surface area contributed by atoms with Gasteiger partial charge in [0.05, 0.1) is 11.7 Å². The first-order valence-corrected chi connectivity index (χ1v) is 5.25. The van der Waals surface area contributed by atoms with E-state index < -0.39 is 12.8 Å². The monoisotopic (exact) mass is 248 g/mol. The Morgan fingerprint density at radius 2 is 2.18 bits per heavy atom. The normalized spacial score (nSPS) is 13.6. The standard InChI is InChI=1S/C11H15F3N2O/c1-15-9(10-4-2-3-6-16-10)5-7-17-8-11(12,13)14/h2-4,6,9,15H,5,7-8H2,1H3. The predicted octanol–water partition coefficient (Wildman–Crippen LogP) is 2.31. The number of halogens is 3. The molecule has 1 rings (SSSR count). The van der Waals surface area contributed by atoms with Gasteiger partial charge in [-0.05, 0) is 25.6 Å². The maximum Gasteiger partial charge on any atom is 0.411 e. The summed E-state index contributed by atoms with van der Waals surface area (Å²) in [7, 11) is 1.74. The number of rotatable bonds is 6. The number of aromatic nitrogens is 1. The molecule has 0 aliphatic carbocycles. The third kappa shape index (κ3) is 5.65. The van der Waals surface area contributed by atoms with Crippen LogP contribution in [0.1, 0.15) is 18.2 Å². The number of ether oxygens (including phenoxy) is 1. The van der Waals surface area contributed by atoms with Gasteiger partial charge in [0, 0.05) is 12.8 Å². The molecule has 0 saturated heterocycles. The fourth-order valence-corrected chi connectivity index (χ4v) is 1.41. The molecular formula is C11H15F3N2O. The smallest absolute Gasteiger partial charge is 0.372 e. The summed E-state index contributed by atoms with van der Waals surface area (Å²) in [4.78, 5) is 4.14. The van der Waals surface area contributed by atoms with Gasteiger partial charge in [0.1, 0.15) is 6.61 Å². The topological polar surface area (TPSA) is 34.1 Å². The van der Waals surface area contributed by atoms with E-state index in [2.05, 4.69) is 15.0 Å². The third-order valence-electron chi connectivity index (χ3n) is 2.21. The van der Waals surface area contributed by atoms with Crippen molar-refractivity contribution in [1.29, 1.82) is 0 Å². The summed E-state index contributed by atoms with van der Waals surface area (Å²) in [5.41, 5.74) is 0.797. The molecule has 1 N–H and O–H groups in total. The Bertz CT molecular complexity index is 316. The molecule has 0 aromatic carbocycles. The Kier molecular flexibility index (Phi) is 5.37. The van der Waals surface area contributed by atoms with Crippen molar-refractivity contribution in [2.24, 2.45) is 0 Å². The zero-order valence-corrected chi connectivity index (χ0v) is 9.50. The van der Waals surface area contributed by atoms with Crippen LogP contribution in [0.4, 0.5) is 13.2 Å². The quantitative estimate of drug-likeness (QED) is 0.784. The first-order valence-electron chi connectivity index (χ1n) is 5.25. The molecule has 0 bridgehead atoms. The van der Waals surface area contributed by atoms with Crippen LogP contribution in [0, 0.1) is 0 Å². The Morgan fingerprint density at radius 3 is 2.71 bits per heavy atom. The van der Waals surface area contributed by atoms with Crippen molar-refractivity contribution >= 4 is 0 Å². The first kappa shape index (κ1) is 13.9. The van der Waals surface area contributed by atoms with E-state index >= 15 is 0 Å². The lowest BCUT2D eigenvalue weighted by Crippen LogP contribution is -2.22. The lowest BCUT2D eigenvalue weighted by atomic mass is 10.1. The molecule has 0 radical (unpaired) electrons. The van der Waals surface area contributed by atoms with E-state index in [9.17, 15) is 13.2 Å². The van der Waals surface area contributed by atoms with Crippen LogP contribution in [-0.2, 0) is 4.74 Å². The summed E-state index contributed by atoms with van der Waals surface area (Å²) in [5.74, 6) is 0. The van der Waals surface area contributed by atoms with Crippen LogP contribution in [0.2, 0.25) is 0 Å². The number of hydrogen-bond donors (Lipinski definition) is 1. The summed E-state index contributed by atoms with van der Waals surface area (Å²) in [6, 6.07) is 5.36. The van der Waals surface area contributed by atoms with E-state index in [1.54, 1.807) is 19.3 Å². The molecule has 3 nitrogen and oxygen atoms in total. The minimum Gasteiger partial charge on any atom is -0.372 e. The third-order valence-corrected chi connectivity index (χ3v) is 2.21. The fourth-order valence-electron chi connectivity index (χ4n) is 1.41. The first-order chi connectivity index (χ1) is 8.03. The van der Waals surface area contributed by atoms with Gasteiger partial charge in [-0.25, -0.2) is 0 Å². The minimum atomic E-state index is -4.26. The summed E-state index contributed by atoms with van der Waals surface area (Å²) in [6.07, 6.45) is -2.17. The van der Waals surface area contributed by atoms with Crippen molar-refractivity contribution in [1.82, 2.24) is 10.3 Å². The average Bonchev–Trinajstić information content (AvgIpc) is 2.29. The van der Waals surface area contributed by atoms with Crippen molar-refractivity contribution in [3.63, 3.8) is 0 Å². The Hall–Kier alpha value is -1.14. The van der Waals surface area contributed by atoms with E-state index in [1.165, 1.54) is 0 Å². The van der Waals surface area contributed by atoms with Crippen LogP contribution < -0.4 is 5.32 Å². The second-order valence-electron chi connectivity index (χ2n) is 3.55. The molecule has 0 aliphatic heterocycles. The Morgan fingerprint density at radius 1 is 1.41 bits per heavy atom. The van der Waals surface area contributed by atoms with Crippen LogP contribution in [0.15, 0.2) is 24.4 Å². The molecule has 0 spiro atoms. The summed E-state index contributed by atoms with van der Waals surface area (Å²) in [6.45, 7) is -1.16. The number of alkyl halides is 3. The van der Waals surface area contributed by atoms with Crippen LogP contribution in [-0.4, -0.2) is 31.4 Å². The lowest BCUT2D eigenvalue weighted by molar-refractivity contribution is -0.174. The molecule has 1 aromatic heterocycles. The zero-order valence-electron chi connectivity index (χ0n) is 9.50. The molecule has 0 aliphatic rings. The Labute approximate surface area is 98.0 Å². The van der Waals surface area contributed by atoms with Crippen molar-refractivity contribution < 1.29 is 17.9 Å². The molecule has 1 heterocycles. The molecule has 0 fully saturated rings. The minimum absolute atomic E-state index is 0.0432. The maximum absolute atomic E-state index is 11.8. The van der Waals surface area contributed by atoms with Crippen molar-refractivity contribution in [2.75, 3.05) is 20.3 Å². The van der Waals surface area contributed by atoms with E-state index in [1.807, 2.05) is 12.1 Å². The molecule has 0 saturated carbocycles. The lowest BCUT2D eigenvalue weighted by Gasteiger charge is -2.15. The van der Waals surface area contributed by atoms with Gasteiger partial charge in [-0.3, -0.25) is 4.98 Å². The zero-order chi connectivity index (χ0) is 12.7. The molecule has 96 valence electrons. The van der Waals surface area contributed by atoms with Gasteiger partial charge in [0.25, 0.3) is 0 Å². The van der Waals surface area contributed by atoms with E-state index in [0.29, 0.717) is 6.42 Å². The molecule has 1 aromatic rings. The van der Waals surface area contributed by atoms with Crippen LogP contribution in [0.3, 0.4) is 0 Å². The van der Waals surface area contributed by atoms with Gasteiger partial charge >= 0.3 is 6.18 Å². The summed E-state index contributed by atoms with van der Waals surface area (Å²) >= 11 is 0. The van der Waals surface area contributed by atoms with Gasteiger partial charge < -0.3 is 10.1 Å². The molecule has 17 heavy (non-hydrogen) atoms. The molecule has 6 heteroatoms. The summed E-state index contributed by atoms with van der Waals surface area (Å²) < 4.78 is 40.1. The van der Waals surface area contributed by atoms with Gasteiger partial charge in [-0.2, -0.15) is 13.2 Å². The fraction of sp³-hybridized carbons (Fsp3) is 0.545. The van der Waals surface area contributed by atoms with Crippen molar-refractivity contribution in [2.45, 2.75) is 18.6 Å². The number of hydrogen-bond acceptors (Lipinski definition) is 3. The Balaban J connectivity index is 2.34. The summed E-state index contributed by atoms with van der Waals surface area (Å²) in [5, 5.41) is 2.99. The highest BCUT2D eigenvalue weighted by Crippen LogP contribution is 2.16. The highest BCUT2D eigenvalue weighted by atomic mass is 19.4. The van der Waals surface area contributed by atoms with E-state index in [-0.39, 0.29) is 12.6 Å². The highest BCUT2D eigenvalue weighted by molar-refractivity contribution is 5.08. The van der Waals surface area contributed by atoms with E-state index in [0.717, 1.165) is 5.69 Å². The van der Waals surface area contributed by atoms with Gasteiger partial charge in [-0.15, -0.1) is 0 Å². The molecule has 1 atom stereocenters. The van der Waals surface area contributed by atoms with E-state index in [4.69, 9.17) is 0 Å². The second-order valence-corrected chi connectivity index (χ2v) is 3.55.